The lowest BCUT2D eigenvalue weighted by Gasteiger charge is -2.33. The highest BCUT2D eigenvalue weighted by Crippen LogP contribution is 2.31. The first-order valence-electron chi connectivity index (χ1n) is 8.64. The first-order chi connectivity index (χ1) is 12.0. The Morgan fingerprint density at radius 3 is 2.40 bits per heavy atom. The first kappa shape index (κ1) is 18.0. The van der Waals surface area contributed by atoms with Crippen molar-refractivity contribution in [2.75, 3.05) is 61.4 Å². The third kappa shape index (κ3) is 4.24. The van der Waals surface area contributed by atoms with Gasteiger partial charge in [0, 0.05) is 26.2 Å². The second kappa shape index (κ2) is 7.61. The largest absolute Gasteiger partial charge is 0.378 e. The number of carbonyl (C=O) groups is 1. The van der Waals surface area contributed by atoms with Crippen LogP contribution in [-0.2, 0) is 19.6 Å². The number of sulfonamides is 1. The smallest absolute Gasteiger partial charge is 0.243 e. The third-order valence-corrected chi connectivity index (χ3v) is 5.77. The molecule has 2 aliphatic heterocycles. The Morgan fingerprint density at radius 1 is 1.12 bits per heavy atom. The third-order valence-electron chi connectivity index (χ3n) is 4.64. The molecule has 1 aromatic carbocycles. The van der Waals surface area contributed by atoms with Crippen molar-refractivity contribution in [2.24, 2.45) is 0 Å². The van der Waals surface area contributed by atoms with E-state index in [0.717, 1.165) is 24.8 Å². The molecule has 0 saturated carbocycles. The molecule has 1 amide bonds. The Morgan fingerprint density at radius 2 is 1.76 bits per heavy atom. The lowest BCUT2D eigenvalue weighted by molar-refractivity contribution is -0.128. The minimum atomic E-state index is -3.58. The molecule has 2 saturated heterocycles. The fraction of sp³-hybridized carbons (Fsp3) is 0.588. The molecule has 0 bridgehead atoms. The van der Waals surface area contributed by atoms with Crippen molar-refractivity contribution in [3.8, 4) is 0 Å². The van der Waals surface area contributed by atoms with E-state index in [1.165, 1.54) is 4.31 Å². The Kier molecular flexibility index (Phi) is 5.48. The molecule has 7 nitrogen and oxygen atoms in total. The molecule has 2 aliphatic rings. The topological polar surface area (TPSA) is 70.2 Å². The molecule has 3 rings (SSSR count). The van der Waals surface area contributed by atoms with Crippen molar-refractivity contribution in [3.05, 3.63) is 24.3 Å². The molecule has 138 valence electrons. The van der Waals surface area contributed by atoms with E-state index in [1.807, 2.05) is 12.1 Å². The quantitative estimate of drug-likeness (QED) is 0.774. The fourth-order valence-electron chi connectivity index (χ4n) is 3.32. The summed E-state index contributed by atoms with van der Waals surface area (Å²) in [7, 11) is -3.58. The van der Waals surface area contributed by atoms with Gasteiger partial charge in [0.25, 0.3) is 0 Å². The number of carbonyl (C=O) groups excluding carboxylic acids is 1. The number of amides is 1. The normalized spacial score (nSPS) is 18.4. The van der Waals surface area contributed by atoms with E-state index in [4.69, 9.17) is 4.74 Å². The zero-order valence-electron chi connectivity index (χ0n) is 14.6. The van der Waals surface area contributed by atoms with Crippen molar-refractivity contribution in [1.82, 2.24) is 4.90 Å². The van der Waals surface area contributed by atoms with E-state index >= 15 is 0 Å². The van der Waals surface area contributed by atoms with Crippen molar-refractivity contribution < 1.29 is 17.9 Å². The molecule has 0 radical (unpaired) electrons. The summed E-state index contributed by atoms with van der Waals surface area (Å²) in [6, 6.07) is 7.36. The monoisotopic (exact) mass is 367 g/mol. The summed E-state index contributed by atoms with van der Waals surface area (Å²) >= 11 is 0. The van der Waals surface area contributed by atoms with Crippen LogP contribution < -0.4 is 9.21 Å². The van der Waals surface area contributed by atoms with E-state index in [9.17, 15) is 13.2 Å². The van der Waals surface area contributed by atoms with Crippen LogP contribution in [0.1, 0.15) is 12.8 Å². The highest BCUT2D eigenvalue weighted by molar-refractivity contribution is 7.92. The summed E-state index contributed by atoms with van der Waals surface area (Å²) in [5.41, 5.74) is 1.38. The summed E-state index contributed by atoms with van der Waals surface area (Å²) in [4.78, 5) is 16.4. The maximum Gasteiger partial charge on any atom is 0.243 e. The van der Waals surface area contributed by atoms with Crippen molar-refractivity contribution in [3.63, 3.8) is 0 Å². The number of hydrogen-bond donors (Lipinski definition) is 0. The van der Waals surface area contributed by atoms with Gasteiger partial charge in [0.1, 0.15) is 6.54 Å². The molecule has 0 aromatic heterocycles. The van der Waals surface area contributed by atoms with Crippen LogP contribution in [0.15, 0.2) is 24.3 Å². The summed E-state index contributed by atoms with van der Waals surface area (Å²) in [6.45, 7) is 3.90. The molecular weight excluding hydrogens is 342 g/mol. The van der Waals surface area contributed by atoms with E-state index in [0.29, 0.717) is 45.1 Å². The Hall–Kier alpha value is -1.80. The minimum absolute atomic E-state index is 0.139. The Labute approximate surface area is 149 Å². The zero-order valence-corrected chi connectivity index (χ0v) is 15.4. The summed E-state index contributed by atoms with van der Waals surface area (Å²) in [5, 5.41) is 0. The van der Waals surface area contributed by atoms with Gasteiger partial charge in [-0.3, -0.25) is 9.10 Å². The van der Waals surface area contributed by atoms with E-state index in [1.54, 1.807) is 17.0 Å². The predicted molar refractivity (Wildman–Crippen MR) is 97.5 cm³/mol. The average molecular weight is 367 g/mol. The summed E-state index contributed by atoms with van der Waals surface area (Å²) in [6.07, 6.45) is 3.12. The number of benzene rings is 1. The van der Waals surface area contributed by atoms with Crippen molar-refractivity contribution in [2.45, 2.75) is 12.8 Å². The Bertz CT molecular complexity index is 710. The number of nitrogens with zero attached hydrogens (tertiary/aromatic N) is 3. The van der Waals surface area contributed by atoms with E-state index in [2.05, 4.69) is 4.90 Å². The van der Waals surface area contributed by atoms with E-state index in [-0.39, 0.29) is 12.5 Å². The second-order valence-electron chi connectivity index (χ2n) is 6.45. The van der Waals surface area contributed by atoms with Gasteiger partial charge in [-0.25, -0.2) is 8.42 Å². The van der Waals surface area contributed by atoms with Gasteiger partial charge in [0.2, 0.25) is 15.9 Å². The molecular formula is C17H25N3O4S. The van der Waals surface area contributed by atoms with Gasteiger partial charge in [-0.1, -0.05) is 12.1 Å². The highest BCUT2D eigenvalue weighted by atomic mass is 32.2. The standard InChI is InChI=1S/C17H25N3O4S/c1-25(22,23)20(14-17(21)19-8-4-5-9-19)16-7-3-2-6-15(16)18-10-12-24-13-11-18/h2-3,6-7H,4-5,8-14H2,1H3. The maximum absolute atomic E-state index is 12.5. The predicted octanol–water partition coefficient (Wildman–Crippen LogP) is 0.912. The number of hydrogen-bond acceptors (Lipinski definition) is 5. The van der Waals surface area contributed by atoms with Crippen LogP contribution in [0.4, 0.5) is 11.4 Å². The lowest BCUT2D eigenvalue weighted by atomic mass is 10.2. The number of para-hydroxylation sites is 2. The van der Waals surface area contributed by atoms with Gasteiger partial charge >= 0.3 is 0 Å². The molecule has 0 aliphatic carbocycles. The molecule has 0 N–H and O–H groups in total. The number of anilines is 2. The van der Waals surface area contributed by atoms with Gasteiger partial charge in [0.15, 0.2) is 0 Å². The fourth-order valence-corrected chi connectivity index (χ4v) is 4.17. The molecule has 0 spiro atoms. The molecule has 8 heteroatoms. The maximum atomic E-state index is 12.5. The number of morpholine rings is 1. The van der Waals surface area contributed by atoms with Gasteiger partial charge in [-0.2, -0.15) is 0 Å². The second-order valence-corrected chi connectivity index (χ2v) is 8.35. The lowest BCUT2D eigenvalue weighted by Crippen LogP contribution is -2.43. The van der Waals surface area contributed by atoms with Crippen LogP contribution in [0.2, 0.25) is 0 Å². The Balaban J connectivity index is 1.90. The molecule has 2 fully saturated rings. The van der Waals surface area contributed by atoms with Gasteiger partial charge in [-0.15, -0.1) is 0 Å². The molecule has 25 heavy (non-hydrogen) atoms. The SMILES string of the molecule is CS(=O)(=O)N(CC(=O)N1CCCC1)c1ccccc1N1CCOCC1. The zero-order chi connectivity index (χ0) is 17.9. The van der Waals surface area contributed by atoms with Gasteiger partial charge in [-0.05, 0) is 25.0 Å². The number of rotatable bonds is 5. The number of likely N-dealkylation sites (tertiary alicyclic amines) is 1. The van der Waals surface area contributed by atoms with Crippen LogP contribution in [0, 0.1) is 0 Å². The summed E-state index contributed by atoms with van der Waals surface area (Å²) in [5.74, 6) is -0.139. The van der Waals surface area contributed by atoms with Gasteiger partial charge in [0.05, 0.1) is 30.8 Å². The molecule has 0 atom stereocenters. The van der Waals surface area contributed by atoms with Crippen LogP contribution in [0.25, 0.3) is 0 Å². The van der Waals surface area contributed by atoms with Crippen LogP contribution in [0.5, 0.6) is 0 Å². The number of ether oxygens (including phenoxy) is 1. The van der Waals surface area contributed by atoms with Crippen molar-refractivity contribution >= 4 is 27.3 Å². The molecule has 2 heterocycles. The van der Waals surface area contributed by atoms with Crippen LogP contribution in [-0.4, -0.2) is 71.4 Å². The first-order valence-corrected chi connectivity index (χ1v) is 10.5. The van der Waals surface area contributed by atoms with Crippen LogP contribution >= 0.6 is 0 Å². The molecule has 0 unspecified atom stereocenters. The van der Waals surface area contributed by atoms with Gasteiger partial charge < -0.3 is 14.5 Å². The summed E-state index contributed by atoms with van der Waals surface area (Å²) < 4.78 is 31.5. The van der Waals surface area contributed by atoms with Crippen molar-refractivity contribution in [1.29, 1.82) is 0 Å². The van der Waals surface area contributed by atoms with Crippen LogP contribution in [0.3, 0.4) is 0 Å². The molecule has 1 aromatic rings. The average Bonchev–Trinajstić information content (AvgIpc) is 3.14. The highest BCUT2D eigenvalue weighted by Gasteiger charge is 2.28. The minimum Gasteiger partial charge on any atom is -0.378 e. The van der Waals surface area contributed by atoms with E-state index < -0.39 is 10.0 Å².